The summed E-state index contributed by atoms with van der Waals surface area (Å²) in [5.41, 5.74) is 0. The van der Waals surface area contributed by atoms with Gasteiger partial charge in [-0.05, 0) is 13.8 Å². The number of hydrogen-bond acceptors (Lipinski definition) is 5. The number of rotatable bonds is 3. The van der Waals surface area contributed by atoms with E-state index < -0.39 is 26.4 Å². The van der Waals surface area contributed by atoms with E-state index in [0.717, 1.165) is 6.26 Å². The molecule has 7 nitrogen and oxygen atoms in total. The van der Waals surface area contributed by atoms with Gasteiger partial charge in [-0.2, -0.15) is 0 Å². The van der Waals surface area contributed by atoms with E-state index in [1.165, 1.54) is 18.7 Å². The highest BCUT2D eigenvalue weighted by molar-refractivity contribution is 7.92. The zero-order valence-corrected chi connectivity index (χ0v) is 12.3. The number of hydrogen-bond donors (Lipinski definition) is 2. The van der Waals surface area contributed by atoms with Crippen molar-refractivity contribution < 1.29 is 18.0 Å². The van der Waals surface area contributed by atoms with Crippen LogP contribution in [0.4, 0.5) is 0 Å². The van der Waals surface area contributed by atoms with Crippen LogP contribution in [0, 0.1) is 0 Å². The van der Waals surface area contributed by atoms with Crippen LogP contribution in [0.5, 0.6) is 0 Å². The minimum absolute atomic E-state index is 0.0809. The fraction of sp³-hybridized carbons (Fsp3) is 0.818. The largest absolute Gasteiger partial charge is 0.346 e. The Morgan fingerprint density at radius 1 is 1.26 bits per heavy atom. The molecule has 1 aliphatic heterocycles. The third kappa shape index (κ3) is 4.17. The van der Waals surface area contributed by atoms with Gasteiger partial charge in [0, 0.05) is 39.0 Å². The summed E-state index contributed by atoms with van der Waals surface area (Å²) in [6.45, 7) is 5.24. The Hall–Kier alpha value is -1.15. The minimum atomic E-state index is -3.30. The molecule has 0 bridgehead atoms. The van der Waals surface area contributed by atoms with Gasteiger partial charge in [-0.1, -0.05) is 0 Å². The normalized spacial score (nSPS) is 17.1. The van der Waals surface area contributed by atoms with E-state index in [1.54, 1.807) is 0 Å². The lowest BCUT2D eigenvalue weighted by Crippen LogP contribution is -2.53. The lowest BCUT2D eigenvalue weighted by molar-refractivity contribution is -0.146. The summed E-state index contributed by atoms with van der Waals surface area (Å²) in [6.07, 6.45) is 1.11. The molecule has 1 aliphatic rings. The number of carbonyl (C=O) groups excluding carboxylic acids is 2. The minimum Gasteiger partial charge on any atom is -0.346 e. The maximum atomic E-state index is 11.8. The average molecular weight is 291 g/mol. The zero-order chi connectivity index (χ0) is 14.7. The summed E-state index contributed by atoms with van der Waals surface area (Å²) in [6, 6.07) is 0. The van der Waals surface area contributed by atoms with Crippen molar-refractivity contribution in [2.24, 2.45) is 0 Å². The van der Waals surface area contributed by atoms with Crippen molar-refractivity contribution in [3.05, 3.63) is 0 Å². The molecule has 110 valence electrons. The Morgan fingerprint density at radius 3 is 2.26 bits per heavy atom. The molecule has 1 rings (SSSR count). The van der Waals surface area contributed by atoms with Crippen LogP contribution in [-0.2, 0) is 19.4 Å². The Balaban J connectivity index is 2.53. The molecular formula is C11H21N3O4S. The number of carbonyl (C=O) groups is 2. The fourth-order valence-corrected chi connectivity index (χ4v) is 1.85. The second-order valence-electron chi connectivity index (χ2n) is 5.26. The first-order chi connectivity index (χ1) is 8.65. The third-order valence-corrected chi connectivity index (χ3v) is 5.43. The topological polar surface area (TPSA) is 95.6 Å². The Morgan fingerprint density at radius 2 is 1.79 bits per heavy atom. The number of sulfone groups is 1. The molecule has 0 saturated carbocycles. The van der Waals surface area contributed by atoms with Crippen LogP contribution in [0.2, 0.25) is 0 Å². The van der Waals surface area contributed by atoms with Crippen LogP contribution < -0.4 is 10.6 Å². The fourth-order valence-electron chi connectivity index (χ4n) is 1.51. The molecule has 0 spiro atoms. The second-order valence-corrected chi connectivity index (χ2v) is 7.91. The molecule has 0 aromatic carbocycles. The van der Waals surface area contributed by atoms with Crippen LogP contribution in [-0.4, -0.2) is 68.9 Å². The summed E-state index contributed by atoms with van der Waals surface area (Å²) < 4.78 is 21.9. The summed E-state index contributed by atoms with van der Waals surface area (Å²) in [4.78, 5) is 25.0. The van der Waals surface area contributed by atoms with Gasteiger partial charge in [0.25, 0.3) is 0 Å². The van der Waals surface area contributed by atoms with Crippen LogP contribution in [0.3, 0.4) is 0 Å². The predicted octanol–water partition coefficient (Wildman–Crippen LogP) is -1.64. The quantitative estimate of drug-likeness (QED) is 0.608. The lowest BCUT2D eigenvalue weighted by atomic mass is 10.2. The average Bonchev–Trinajstić information content (AvgIpc) is 2.35. The molecule has 0 aromatic rings. The van der Waals surface area contributed by atoms with Crippen LogP contribution in [0.1, 0.15) is 13.8 Å². The van der Waals surface area contributed by atoms with Crippen molar-refractivity contribution in [3.63, 3.8) is 0 Å². The standard InChI is InChI=1S/C11H21N3O4S/c1-11(2,19(3,17)18)8-13-9(15)10(16)14-6-4-12-5-7-14/h12H,4-8H2,1-3H3,(H,13,15). The predicted molar refractivity (Wildman–Crippen MR) is 71.4 cm³/mol. The van der Waals surface area contributed by atoms with Crippen LogP contribution >= 0.6 is 0 Å². The molecule has 2 amide bonds. The second kappa shape index (κ2) is 5.87. The van der Waals surface area contributed by atoms with Crippen LogP contribution in [0.15, 0.2) is 0 Å². The Labute approximate surface area is 113 Å². The van der Waals surface area contributed by atoms with Crippen molar-refractivity contribution in [1.29, 1.82) is 0 Å². The highest BCUT2D eigenvalue weighted by atomic mass is 32.2. The van der Waals surface area contributed by atoms with Gasteiger partial charge >= 0.3 is 11.8 Å². The Bertz CT molecular complexity index is 453. The van der Waals surface area contributed by atoms with E-state index >= 15 is 0 Å². The van der Waals surface area contributed by atoms with Crippen molar-refractivity contribution >= 4 is 21.7 Å². The molecule has 8 heteroatoms. The summed E-state index contributed by atoms with van der Waals surface area (Å²) in [5, 5.41) is 5.48. The van der Waals surface area contributed by atoms with E-state index in [1.807, 2.05) is 0 Å². The first kappa shape index (κ1) is 15.9. The van der Waals surface area contributed by atoms with Crippen LogP contribution in [0.25, 0.3) is 0 Å². The van der Waals surface area contributed by atoms with Gasteiger partial charge in [-0.15, -0.1) is 0 Å². The molecule has 1 heterocycles. The smallest absolute Gasteiger partial charge is 0.311 e. The summed E-state index contributed by atoms with van der Waals surface area (Å²) in [5.74, 6) is -1.36. The van der Waals surface area contributed by atoms with Gasteiger partial charge in [-0.3, -0.25) is 9.59 Å². The van der Waals surface area contributed by atoms with Gasteiger partial charge in [-0.25, -0.2) is 8.42 Å². The number of amides is 2. The summed E-state index contributed by atoms with van der Waals surface area (Å²) in [7, 11) is -3.30. The monoisotopic (exact) mass is 291 g/mol. The van der Waals surface area contributed by atoms with Crippen molar-refractivity contribution in [3.8, 4) is 0 Å². The summed E-state index contributed by atoms with van der Waals surface area (Å²) >= 11 is 0. The van der Waals surface area contributed by atoms with Crippen molar-refractivity contribution in [1.82, 2.24) is 15.5 Å². The van der Waals surface area contributed by atoms with E-state index in [0.29, 0.717) is 26.2 Å². The number of nitrogens with one attached hydrogen (secondary N) is 2. The molecule has 1 fully saturated rings. The lowest BCUT2D eigenvalue weighted by Gasteiger charge is -2.27. The number of nitrogens with zero attached hydrogens (tertiary/aromatic N) is 1. The zero-order valence-electron chi connectivity index (χ0n) is 11.5. The van der Waals surface area contributed by atoms with Gasteiger partial charge < -0.3 is 15.5 Å². The first-order valence-electron chi connectivity index (χ1n) is 6.12. The number of piperazine rings is 1. The van der Waals surface area contributed by atoms with Crippen molar-refractivity contribution in [2.45, 2.75) is 18.6 Å². The molecule has 0 aliphatic carbocycles. The molecule has 1 saturated heterocycles. The van der Waals surface area contributed by atoms with Gasteiger partial charge in [0.15, 0.2) is 9.84 Å². The maximum Gasteiger partial charge on any atom is 0.311 e. The molecule has 0 radical (unpaired) electrons. The van der Waals surface area contributed by atoms with Gasteiger partial charge in [0.2, 0.25) is 0 Å². The van der Waals surface area contributed by atoms with E-state index in [9.17, 15) is 18.0 Å². The van der Waals surface area contributed by atoms with E-state index in [4.69, 9.17) is 0 Å². The van der Waals surface area contributed by atoms with E-state index in [-0.39, 0.29) is 6.54 Å². The maximum absolute atomic E-state index is 11.8. The molecule has 0 aromatic heterocycles. The van der Waals surface area contributed by atoms with E-state index in [2.05, 4.69) is 10.6 Å². The molecular weight excluding hydrogens is 270 g/mol. The molecule has 2 N–H and O–H groups in total. The third-order valence-electron chi connectivity index (χ3n) is 3.28. The van der Waals surface area contributed by atoms with Gasteiger partial charge in [0.05, 0.1) is 4.75 Å². The first-order valence-corrected chi connectivity index (χ1v) is 8.02. The highest BCUT2D eigenvalue weighted by Gasteiger charge is 2.32. The SMILES string of the molecule is CC(C)(CNC(=O)C(=O)N1CCNCC1)S(C)(=O)=O. The molecule has 0 unspecified atom stereocenters. The van der Waals surface area contributed by atoms with Gasteiger partial charge in [0.1, 0.15) is 0 Å². The van der Waals surface area contributed by atoms with Crippen molar-refractivity contribution in [2.75, 3.05) is 39.0 Å². The Kier molecular flexibility index (Phi) is 4.92. The highest BCUT2D eigenvalue weighted by Crippen LogP contribution is 2.13. The molecule has 19 heavy (non-hydrogen) atoms. The molecule has 0 atom stereocenters.